The highest BCUT2D eigenvalue weighted by Crippen LogP contribution is 2.33. The summed E-state index contributed by atoms with van der Waals surface area (Å²) < 4.78 is 0. The second-order valence-electron chi connectivity index (χ2n) is 5.70. The molecule has 5 nitrogen and oxygen atoms in total. The fraction of sp³-hybridized carbons (Fsp3) is 0.600. The number of carbonyl (C=O) groups is 2. The molecule has 0 saturated carbocycles. The van der Waals surface area contributed by atoms with Crippen LogP contribution in [0.4, 0.5) is 4.79 Å². The van der Waals surface area contributed by atoms with Gasteiger partial charge in [0.15, 0.2) is 0 Å². The molecule has 21 heavy (non-hydrogen) atoms. The number of carbonyl (C=O) groups excluding carboxylic acids is 2. The number of hydrogen-bond donors (Lipinski definition) is 2. The van der Waals surface area contributed by atoms with Crippen LogP contribution in [-0.4, -0.2) is 36.0 Å². The smallest absolute Gasteiger partial charge is 0.318 e. The summed E-state index contributed by atoms with van der Waals surface area (Å²) in [5.41, 5.74) is 1.21. The third-order valence-corrected chi connectivity index (χ3v) is 4.98. The van der Waals surface area contributed by atoms with Crippen LogP contribution >= 0.6 is 11.3 Å². The van der Waals surface area contributed by atoms with E-state index in [1.165, 1.54) is 5.56 Å². The lowest BCUT2D eigenvalue weighted by Crippen LogP contribution is -2.50. The van der Waals surface area contributed by atoms with Gasteiger partial charge in [-0.15, -0.1) is 0 Å². The topological polar surface area (TPSA) is 61.4 Å². The zero-order chi connectivity index (χ0) is 14.7. The number of nitrogens with zero attached hydrogens (tertiary/aromatic N) is 1. The van der Waals surface area contributed by atoms with Gasteiger partial charge in [-0.3, -0.25) is 4.79 Å². The fourth-order valence-corrected chi connectivity index (χ4v) is 3.84. The van der Waals surface area contributed by atoms with Gasteiger partial charge in [-0.05, 0) is 54.5 Å². The lowest BCUT2D eigenvalue weighted by atomic mass is 10.1. The highest BCUT2D eigenvalue weighted by atomic mass is 32.1. The fourth-order valence-electron chi connectivity index (χ4n) is 3.13. The van der Waals surface area contributed by atoms with Gasteiger partial charge in [-0.2, -0.15) is 11.3 Å². The molecule has 3 heterocycles. The number of rotatable bonds is 2. The Balaban J connectivity index is 1.65. The van der Waals surface area contributed by atoms with Crippen molar-refractivity contribution >= 4 is 23.3 Å². The second kappa shape index (κ2) is 6.47. The molecule has 0 spiro atoms. The number of likely N-dealkylation sites (tertiary alicyclic amines) is 1. The van der Waals surface area contributed by atoms with E-state index < -0.39 is 0 Å². The van der Waals surface area contributed by atoms with Crippen molar-refractivity contribution in [3.8, 4) is 0 Å². The van der Waals surface area contributed by atoms with Crippen molar-refractivity contribution in [3.05, 3.63) is 22.4 Å². The van der Waals surface area contributed by atoms with Crippen LogP contribution in [0, 0.1) is 0 Å². The Morgan fingerprint density at radius 2 is 2.24 bits per heavy atom. The minimum absolute atomic E-state index is 0.0490. The summed E-state index contributed by atoms with van der Waals surface area (Å²) in [6.07, 6.45) is 4.71. The van der Waals surface area contributed by atoms with E-state index in [-0.39, 0.29) is 24.0 Å². The zero-order valence-electron chi connectivity index (χ0n) is 12.0. The molecular formula is C15H21N3O2S. The Labute approximate surface area is 128 Å². The first kappa shape index (κ1) is 14.4. The Bertz CT molecular complexity index is 503. The van der Waals surface area contributed by atoms with Crippen molar-refractivity contribution in [2.75, 3.05) is 13.1 Å². The van der Waals surface area contributed by atoms with Crippen molar-refractivity contribution in [1.29, 1.82) is 0 Å². The maximum atomic E-state index is 12.5. The molecule has 6 heteroatoms. The summed E-state index contributed by atoms with van der Waals surface area (Å²) in [5, 5.41) is 9.93. The van der Waals surface area contributed by atoms with Gasteiger partial charge >= 0.3 is 6.03 Å². The van der Waals surface area contributed by atoms with Crippen molar-refractivity contribution < 1.29 is 9.59 Å². The van der Waals surface area contributed by atoms with E-state index in [1.807, 2.05) is 10.3 Å². The summed E-state index contributed by atoms with van der Waals surface area (Å²) >= 11 is 1.66. The molecule has 2 saturated heterocycles. The molecule has 0 bridgehead atoms. The first-order valence-electron chi connectivity index (χ1n) is 7.62. The molecule has 0 aliphatic carbocycles. The maximum absolute atomic E-state index is 12.5. The molecule has 2 aliphatic rings. The molecule has 114 valence electrons. The van der Waals surface area contributed by atoms with Gasteiger partial charge < -0.3 is 15.5 Å². The predicted molar refractivity (Wildman–Crippen MR) is 82.2 cm³/mol. The van der Waals surface area contributed by atoms with E-state index in [2.05, 4.69) is 22.1 Å². The monoisotopic (exact) mass is 307 g/mol. The Morgan fingerprint density at radius 1 is 1.33 bits per heavy atom. The Kier molecular flexibility index (Phi) is 4.43. The molecule has 3 amide bonds. The molecular weight excluding hydrogens is 286 g/mol. The molecule has 1 aromatic rings. The molecule has 2 fully saturated rings. The lowest BCUT2D eigenvalue weighted by molar-refractivity contribution is -0.122. The number of thiophene rings is 1. The summed E-state index contributed by atoms with van der Waals surface area (Å²) in [6, 6.07) is 1.75. The molecule has 0 aromatic carbocycles. The normalized spacial score (nSPS) is 26.3. The number of nitrogens with one attached hydrogen (secondary N) is 2. The van der Waals surface area contributed by atoms with Gasteiger partial charge in [0.1, 0.15) is 6.04 Å². The SMILES string of the molecule is O=C1NCCCC[C@H]1NC(=O)N1CCC[C@H]1c1ccsc1. The van der Waals surface area contributed by atoms with Gasteiger partial charge in [0.05, 0.1) is 6.04 Å². The number of urea groups is 1. The largest absolute Gasteiger partial charge is 0.354 e. The van der Waals surface area contributed by atoms with E-state index in [4.69, 9.17) is 0 Å². The molecule has 1 aromatic heterocycles. The van der Waals surface area contributed by atoms with Crippen LogP contribution in [0.5, 0.6) is 0 Å². The van der Waals surface area contributed by atoms with Gasteiger partial charge in [-0.25, -0.2) is 4.79 Å². The average molecular weight is 307 g/mol. The third-order valence-electron chi connectivity index (χ3n) is 4.27. The van der Waals surface area contributed by atoms with Gasteiger partial charge in [-0.1, -0.05) is 0 Å². The molecule has 0 radical (unpaired) electrons. The first-order chi connectivity index (χ1) is 10.3. The Hall–Kier alpha value is -1.56. The van der Waals surface area contributed by atoms with E-state index in [0.29, 0.717) is 6.54 Å². The number of hydrogen-bond acceptors (Lipinski definition) is 3. The summed E-state index contributed by atoms with van der Waals surface area (Å²) in [5.74, 6) is -0.0490. The molecule has 2 atom stereocenters. The van der Waals surface area contributed by atoms with Crippen LogP contribution in [0.15, 0.2) is 16.8 Å². The van der Waals surface area contributed by atoms with Crippen molar-refractivity contribution in [2.45, 2.75) is 44.2 Å². The van der Waals surface area contributed by atoms with Crippen LogP contribution in [0.2, 0.25) is 0 Å². The average Bonchev–Trinajstić information content (AvgIpc) is 3.12. The molecule has 3 rings (SSSR count). The highest BCUT2D eigenvalue weighted by Gasteiger charge is 2.32. The standard InChI is InChI=1S/C15H21N3O2S/c19-14-12(4-1-2-7-16-14)17-15(20)18-8-3-5-13(18)11-6-9-21-10-11/h6,9-10,12-13H,1-5,7-8H2,(H,16,19)(H,17,20)/t12-,13+/m1/s1. The quantitative estimate of drug-likeness (QED) is 0.880. The molecule has 0 unspecified atom stereocenters. The van der Waals surface area contributed by atoms with Crippen molar-refractivity contribution in [2.24, 2.45) is 0 Å². The molecule has 2 N–H and O–H groups in total. The van der Waals surface area contributed by atoms with Crippen molar-refractivity contribution in [1.82, 2.24) is 15.5 Å². The summed E-state index contributed by atoms with van der Waals surface area (Å²) in [6.45, 7) is 1.48. The minimum atomic E-state index is -0.385. The van der Waals surface area contributed by atoms with Gasteiger partial charge in [0, 0.05) is 13.1 Å². The molecule has 2 aliphatic heterocycles. The van der Waals surface area contributed by atoms with Crippen LogP contribution in [-0.2, 0) is 4.79 Å². The van der Waals surface area contributed by atoms with E-state index in [1.54, 1.807) is 11.3 Å². The van der Waals surface area contributed by atoms with E-state index >= 15 is 0 Å². The zero-order valence-corrected chi connectivity index (χ0v) is 12.8. The van der Waals surface area contributed by atoms with Crippen molar-refractivity contribution in [3.63, 3.8) is 0 Å². The Morgan fingerprint density at radius 3 is 3.05 bits per heavy atom. The van der Waals surface area contributed by atoms with E-state index in [0.717, 1.165) is 38.6 Å². The van der Waals surface area contributed by atoms with Crippen LogP contribution < -0.4 is 10.6 Å². The lowest BCUT2D eigenvalue weighted by Gasteiger charge is -2.26. The maximum Gasteiger partial charge on any atom is 0.318 e. The summed E-state index contributed by atoms with van der Waals surface area (Å²) in [4.78, 5) is 26.3. The highest BCUT2D eigenvalue weighted by molar-refractivity contribution is 7.07. The second-order valence-corrected chi connectivity index (χ2v) is 6.48. The van der Waals surface area contributed by atoms with Crippen LogP contribution in [0.1, 0.15) is 43.7 Å². The van der Waals surface area contributed by atoms with Gasteiger partial charge in [0.2, 0.25) is 5.91 Å². The van der Waals surface area contributed by atoms with E-state index in [9.17, 15) is 9.59 Å². The minimum Gasteiger partial charge on any atom is -0.354 e. The predicted octanol–water partition coefficient (Wildman–Crippen LogP) is 2.26. The van der Waals surface area contributed by atoms with Crippen LogP contribution in [0.25, 0.3) is 0 Å². The first-order valence-corrected chi connectivity index (χ1v) is 8.57. The van der Waals surface area contributed by atoms with Gasteiger partial charge in [0.25, 0.3) is 0 Å². The third kappa shape index (κ3) is 3.20. The number of amides is 3. The van der Waals surface area contributed by atoms with Crippen LogP contribution in [0.3, 0.4) is 0 Å². The summed E-state index contributed by atoms with van der Waals surface area (Å²) in [7, 11) is 0.